The van der Waals surface area contributed by atoms with E-state index in [1.54, 1.807) is 0 Å². The Morgan fingerprint density at radius 1 is 0.571 bits per heavy atom. The van der Waals surface area contributed by atoms with Crippen molar-refractivity contribution in [3.05, 3.63) is 157 Å². The van der Waals surface area contributed by atoms with Gasteiger partial charge in [0.1, 0.15) is 0 Å². The standard InChI is InChI=1S/C41H29N/c1-3-4-11-28-18-19-30-20-21-31(26-38(30)27(28)2)29-22-24-32(25-23-29)42-39-17-10-9-16-37(39)40-35-14-7-5-12-33(35)34-13-6-8-15-36(34)41(40)42/h3-26H,1H2,2H3/b11-4-. The molecule has 42 heavy (non-hydrogen) atoms. The highest BCUT2D eigenvalue weighted by Gasteiger charge is 2.18. The Hall–Kier alpha value is -5.40. The third-order valence-electron chi connectivity index (χ3n) is 8.75. The summed E-state index contributed by atoms with van der Waals surface area (Å²) in [5, 5.41) is 10.3. The van der Waals surface area contributed by atoms with Crippen LogP contribution in [-0.2, 0) is 0 Å². The molecule has 0 amide bonds. The lowest BCUT2D eigenvalue weighted by atomic mass is 9.95. The summed E-state index contributed by atoms with van der Waals surface area (Å²) in [7, 11) is 0. The second kappa shape index (κ2) is 9.61. The van der Waals surface area contributed by atoms with E-state index >= 15 is 0 Å². The SMILES string of the molecule is C=C/C=C\c1ccc2ccc(-c3ccc(-n4c5ccccc5c5c6ccccc6c6ccccc6c54)cc3)cc2c1C. The van der Waals surface area contributed by atoms with Gasteiger partial charge in [-0.25, -0.2) is 0 Å². The molecule has 0 aliphatic rings. The van der Waals surface area contributed by atoms with Gasteiger partial charge in [-0.05, 0) is 80.4 Å². The molecule has 0 fully saturated rings. The predicted octanol–water partition coefficient (Wildman–Crippen LogP) is 11.4. The van der Waals surface area contributed by atoms with Crippen molar-refractivity contribution in [2.45, 2.75) is 6.92 Å². The normalized spacial score (nSPS) is 11.9. The van der Waals surface area contributed by atoms with Crippen LogP contribution in [0.4, 0.5) is 0 Å². The molecule has 198 valence electrons. The molecule has 1 heterocycles. The van der Waals surface area contributed by atoms with E-state index in [-0.39, 0.29) is 0 Å². The quantitative estimate of drug-likeness (QED) is 0.156. The van der Waals surface area contributed by atoms with Crippen LogP contribution in [0.2, 0.25) is 0 Å². The molecular weight excluding hydrogens is 506 g/mol. The van der Waals surface area contributed by atoms with Crippen molar-refractivity contribution in [3.8, 4) is 16.8 Å². The first-order valence-corrected chi connectivity index (χ1v) is 14.5. The van der Waals surface area contributed by atoms with Crippen LogP contribution in [0, 0.1) is 6.92 Å². The maximum absolute atomic E-state index is 3.82. The number of aromatic nitrogens is 1. The van der Waals surface area contributed by atoms with Crippen LogP contribution >= 0.6 is 0 Å². The number of fused-ring (bicyclic) bond motifs is 9. The van der Waals surface area contributed by atoms with Crippen LogP contribution in [0.1, 0.15) is 11.1 Å². The van der Waals surface area contributed by atoms with Crippen molar-refractivity contribution in [3.63, 3.8) is 0 Å². The van der Waals surface area contributed by atoms with Gasteiger partial charge in [-0.2, -0.15) is 0 Å². The maximum Gasteiger partial charge on any atom is 0.0625 e. The van der Waals surface area contributed by atoms with Gasteiger partial charge in [-0.15, -0.1) is 0 Å². The largest absolute Gasteiger partial charge is 0.309 e. The van der Waals surface area contributed by atoms with Gasteiger partial charge in [-0.3, -0.25) is 0 Å². The van der Waals surface area contributed by atoms with Crippen LogP contribution in [0.5, 0.6) is 0 Å². The number of hydrogen-bond acceptors (Lipinski definition) is 0. The summed E-state index contributed by atoms with van der Waals surface area (Å²) in [6, 6.07) is 46.7. The smallest absolute Gasteiger partial charge is 0.0625 e. The molecule has 0 N–H and O–H groups in total. The first-order chi connectivity index (χ1) is 20.7. The molecule has 1 nitrogen and oxygen atoms in total. The topological polar surface area (TPSA) is 4.93 Å². The Kier molecular flexibility index (Phi) is 5.58. The third-order valence-corrected chi connectivity index (χ3v) is 8.75. The Morgan fingerprint density at radius 2 is 1.19 bits per heavy atom. The number of aryl methyl sites for hydroxylation is 1. The maximum atomic E-state index is 3.82. The van der Waals surface area contributed by atoms with Crippen LogP contribution in [0.15, 0.2) is 146 Å². The fourth-order valence-electron chi connectivity index (χ4n) is 6.72. The summed E-state index contributed by atoms with van der Waals surface area (Å²) >= 11 is 0. The highest BCUT2D eigenvalue weighted by Crippen LogP contribution is 2.42. The fourth-order valence-corrected chi connectivity index (χ4v) is 6.72. The van der Waals surface area contributed by atoms with Crippen molar-refractivity contribution >= 4 is 60.2 Å². The minimum Gasteiger partial charge on any atom is -0.309 e. The van der Waals surface area contributed by atoms with Crippen molar-refractivity contribution in [1.82, 2.24) is 4.57 Å². The molecule has 0 saturated carbocycles. The Bertz CT molecular complexity index is 2360. The van der Waals surface area contributed by atoms with Gasteiger partial charge < -0.3 is 4.57 Å². The summed E-state index contributed by atoms with van der Waals surface area (Å²) in [5.74, 6) is 0. The van der Waals surface area contributed by atoms with Crippen molar-refractivity contribution in [1.29, 1.82) is 0 Å². The molecule has 0 aliphatic carbocycles. The lowest BCUT2D eigenvalue weighted by Gasteiger charge is -2.13. The van der Waals surface area contributed by atoms with E-state index < -0.39 is 0 Å². The zero-order valence-corrected chi connectivity index (χ0v) is 23.5. The number of para-hydroxylation sites is 1. The average molecular weight is 536 g/mol. The first-order valence-electron chi connectivity index (χ1n) is 14.5. The molecule has 0 spiro atoms. The zero-order valence-electron chi connectivity index (χ0n) is 23.5. The molecule has 0 saturated heterocycles. The van der Waals surface area contributed by atoms with Crippen molar-refractivity contribution in [2.75, 3.05) is 0 Å². The molecule has 8 rings (SSSR count). The first kappa shape index (κ1) is 24.4. The van der Waals surface area contributed by atoms with Crippen molar-refractivity contribution in [2.24, 2.45) is 0 Å². The second-order valence-corrected chi connectivity index (χ2v) is 11.0. The Labute approximate surface area is 245 Å². The summed E-state index contributed by atoms with van der Waals surface area (Å²) in [5.41, 5.74) is 8.60. The zero-order chi connectivity index (χ0) is 28.2. The summed E-state index contributed by atoms with van der Waals surface area (Å²) < 4.78 is 2.45. The molecule has 1 heteroatoms. The minimum absolute atomic E-state index is 1.17. The minimum atomic E-state index is 1.17. The van der Waals surface area contributed by atoms with Crippen LogP contribution in [0.3, 0.4) is 0 Å². The molecule has 0 radical (unpaired) electrons. The molecule has 8 aromatic rings. The average Bonchev–Trinajstić information content (AvgIpc) is 3.40. The van der Waals surface area contributed by atoms with Gasteiger partial charge in [-0.1, -0.05) is 128 Å². The van der Waals surface area contributed by atoms with E-state index in [4.69, 9.17) is 0 Å². The van der Waals surface area contributed by atoms with Crippen molar-refractivity contribution < 1.29 is 0 Å². The summed E-state index contributed by atoms with van der Waals surface area (Å²) in [6.45, 7) is 6.02. The molecule has 7 aromatic carbocycles. The van der Waals surface area contributed by atoms with Gasteiger partial charge in [0, 0.05) is 21.8 Å². The summed E-state index contributed by atoms with van der Waals surface area (Å²) in [4.78, 5) is 0. The van der Waals surface area contributed by atoms with Crippen LogP contribution in [-0.4, -0.2) is 4.57 Å². The van der Waals surface area contributed by atoms with Gasteiger partial charge in [0.15, 0.2) is 0 Å². The third kappa shape index (κ3) is 3.64. The number of nitrogens with zero attached hydrogens (tertiary/aromatic N) is 1. The Morgan fingerprint density at radius 3 is 1.95 bits per heavy atom. The monoisotopic (exact) mass is 535 g/mol. The molecule has 0 atom stereocenters. The summed E-state index contributed by atoms with van der Waals surface area (Å²) in [6.07, 6.45) is 5.95. The van der Waals surface area contributed by atoms with Crippen LogP contribution < -0.4 is 0 Å². The van der Waals surface area contributed by atoms with Crippen LogP contribution in [0.25, 0.3) is 77.0 Å². The number of rotatable bonds is 4. The highest BCUT2D eigenvalue weighted by molar-refractivity contribution is 6.32. The van der Waals surface area contributed by atoms with E-state index in [0.29, 0.717) is 0 Å². The number of benzene rings is 7. The van der Waals surface area contributed by atoms with Gasteiger partial charge in [0.2, 0.25) is 0 Å². The van der Waals surface area contributed by atoms with E-state index in [0.717, 1.165) is 0 Å². The molecule has 0 aliphatic heterocycles. The fraction of sp³-hybridized carbons (Fsp3) is 0.0244. The van der Waals surface area contributed by atoms with Gasteiger partial charge >= 0.3 is 0 Å². The van der Waals surface area contributed by atoms with Gasteiger partial charge in [0.05, 0.1) is 11.0 Å². The van der Waals surface area contributed by atoms with E-state index in [2.05, 4.69) is 152 Å². The van der Waals surface area contributed by atoms with E-state index in [9.17, 15) is 0 Å². The number of hydrogen-bond donors (Lipinski definition) is 0. The lowest BCUT2D eigenvalue weighted by Crippen LogP contribution is -1.95. The second-order valence-electron chi connectivity index (χ2n) is 11.0. The van der Waals surface area contributed by atoms with E-state index in [1.807, 2.05) is 12.2 Å². The van der Waals surface area contributed by atoms with Gasteiger partial charge in [0.25, 0.3) is 0 Å². The molecule has 0 unspecified atom stereocenters. The Balaban J connectivity index is 1.34. The molecule has 1 aromatic heterocycles. The van der Waals surface area contributed by atoms with E-state index in [1.165, 1.54) is 82.1 Å². The molecular formula is C41H29N. The lowest BCUT2D eigenvalue weighted by molar-refractivity contribution is 1.19. The number of allylic oxidation sites excluding steroid dienone is 2. The molecule has 0 bridgehead atoms. The highest BCUT2D eigenvalue weighted by atomic mass is 15.0. The predicted molar refractivity (Wildman–Crippen MR) is 183 cm³/mol.